The predicted molar refractivity (Wildman–Crippen MR) is 95.3 cm³/mol. The number of aromatic amines is 2. The largest absolute Gasteiger partial charge is 0.467 e. The van der Waals surface area contributed by atoms with E-state index in [9.17, 15) is 4.79 Å². The molecule has 0 aliphatic rings. The van der Waals surface area contributed by atoms with Gasteiger partial charge in [-0.2, -0.15) is 0 Å². The van der Waals surface area contributed by atoms with Gasteiger partial charge in [0, 0.05) is 29.7 Å². The van der Waals surface area contributed by atoms with Crippen LogP contribution in [0.3, 0.4) is 0 Å². The quantitative estimate of drug-likeness (QED) is 0.487. The highest BCUT2D eigenvalue weighted by molar-refractivity contribution is 5.90. The zero-order chi connectivity index (χ0) is 17.2. The first-order chi connectivity index (χ1) is 12.3. The Hall–Kier alpha value is -3.35. The Morgan fingerprint density at radius 1 is 1.20 bits per heavy atom. The van der Waals surface area contributed by atoms with Gasteiger partial charge in [-0.05, 0) is 17.7 Å². The molecular weight excluding hydrogens is 318 g/mol. The molecule has 3 heterocycles. The molecule has 0 spiro atoms. The Kier molecular flexibility index (Phi) is 3.81. The Balaban J connectivity index is 1.67. The van der Waals surface area contributed by atoms with E-state index in [4.69, 9.17) is 4.74 Å². The van der Waals surface area contributed by atoms with E-state index in [2.05, 4.69) is 25.3 Å². The lowest BCUT2D eigenvalue weighted by atomic mass is 10.0. The standard InChI is InChI=1S/C18H17N5O2/c1-25-18(24)15(8-11-9-20-14-5-3-2-4-12(11)14)23-17-13-6-7-19-16(13)21-10-22-17/h2-7,9-10,15,20H,8H2,1H3,(H2,19,21,22,23)/t15-/m0/s1. The van der Waals surface area contributed by atoms with E-state index < -0.39 is 6.04 Å². The Morgan fingerprint density at radius 3 is 2.96 bits per heavy atom. The van der Waals surface area contributed by atoms with E-state index >= 15 is 0 Å². The fraction of sp³-hybridized carbons (Fsp3) is 0.167. The lowest BCUT2D eigenvalue weighted by Crippen LogP contribution is -2.33. The first-order valence-corrected chi connectivity index (χ1v) is 7.93. The number of H-pyrrole nitrogens is 2. The van der Waals surface area contributed by atoms with E-state index in [1.807, 2.05) is 36.5 Å². The van der Waals surface area contributed by atoms with Crippen LogP contribution >= 0.6 is 0 Å². The Labute approximate surface area is 143 Å². The summed E-state index contributed by atoms with van der Waals surface area (Å²) in [4.78, 5) is 27.0. The van der Waals surface area contributed by atoms with Crippen molar-refractivity contribution in [2.45, 2.75) is 12.5 Å². The van der Waals surface area contributed by atoms with Gasteiger partial charge in [0.25, 0.3) is 0 Å². The molecule has 4 rings (SSSR count). The van der Waals surface area contributed by atoms with Gasteiger partial charge in [0.05, 0.1) is 12.5 Å². The number of hydrogen-bond acceptors (Lipinski definition) is 5. The topological polar surface area (TPSA) is 95.7 Å². The molecule has 7 nitrogen and oxygen atoms in total. The molecule has 7 heteroatoms. The second kappa shape index (κ2) is 6.27. The second-order valence-corrected chi connectivity index (χ2v) is 5.75. The van der Waals surface area contributed by atoms with E-state index in [1.165, 1.54) is 13.4 Å². The highest BCUT2D eigenvalue weighted by atomic mass is 16.5. The monoisotopic (exact) mass is 335 g/mol. The third kappa shape index (κ3) is 2.80. The van der Waals surface area contributed by atoms with E-state index in [1.54, 1.807) is 6.20 Å². The van der Waals surface area contributed by atoms with Gasteiger partial charge < -0.3 is 20.0 Å². The highest BCUT2D eigenvalue weighted by Crippen LogP contribution is 2.22. The smallest absolute Gasteiger partial charge is 0.328 e. The van der Waals surface area contributed by atoms with Crippen LogP contribution in [0.1, 0.15) is 5.56 Å². The summed E-state index contributed by atoms with van der Waals surface area (Å²) in [6.45, 7) is 0. The number of methoxy groups -OCH3 is 1. The van der Waals surface area contributed by atoms with Crippen molar-refractivity contribution in [1.82, 2.24) is 19.9 Å². The van der Waals surface area contributed by atoms with Crippen LogP contribution in [0.4, 0.5) is 5.82 Å². The van der Waals surface area contributed by atoms with Crippen molar-refractivity contribution >= 4 is 33.7 Å². The number of nitrogens with zero attached hydrogens (tertiary/aromatic N) is 2. The summed E-state index contributed by atoms with van der Waals surface area (Å²) in [6, 6.07) is 9.31. The normalized spacial score (nSPS) is 12.4. The molecule has 0 unspecified atom stereocenters. The molecule has 4 aromatic rings. The number of benzene rings is 1. The van der Waals surface area contributed by atoms with Crippen molar-refractivity contribution in [3.05, 3.63) is 54.6 Å². The fourth-order valence-corrected chi connectivity index (χ4v) is 3.01. The van der Waals surface area contributed by atoms with Crippen molar-refractivity contribution < 1.29 is 9.53 Å². The molecule has 0 bridgehead atoms. The average molecular weight is 335 g/mol. The maximum absolute atomic E-state index is 12.3. The maximum atomic E-state index is 12.3. The van der Waals surface area contributed by atoms with Crippen molar-refractivity contribution in [1.29, 1.82) is 0 Å². The molecule has 0 amide bonds. The molecule has 3 aromatic heterocycles. The summed E-state index contributed by atoms with van der Waals surface area (Å²) in [7, 11) is 1.39. The summed E-state index contributed by atoms with van der Waals surface area (Å²) in [5.41, 5.74) is 2.79. The van der Waals surface area contributed by atoms with Crippen molar-refractivity contribution in [2.24, 2.45) is 0 Å². The minimum absolute atomic E-state index is 0.340. The highest BCUT2D eigenvalue weighted by Gasteiger charge is 2.22. The predicted octanol–water partition coefficient (Wildman–Crippen LogP) is 2.64. The molecule has 0 aliphatic heterocycles. The van der Waals surface area contributed by atoms with Gasteiger partial charge in [0.15, 0.2) is 0 Å². The van der Waals surface area contributed by atoms with Crippen LogP contribution in [0, 0.1) is 0 Å². The molecule has 25 heavy (non-hydrogen) atoms. The van der Waals surface area contributed by atoms with Crippen LogP contribution in [0.15, 0.2) is 49.1 Å². The van der Waals surface area contributed by atoms with Gasteiger partial charge in [-0.25, -0.2) is 14.8 Å². The summed E-state index contributed by atoms with van der Waals surface area (Å²) in [6.07, 6.45) is 5.65. The number of rotatable bonds is 5. The number of carbonyl (C=O) groups excluding carboxylic acids is 1. The molecule has 0 fully saturated rings. The fourth-order valence-electron chi connectivity index (χ4n) is 3.01. The molecule has 0 saturated carbocycles. The molecule has 3 N–H and O–H groups in total. The van der Waals surface area contributed by atoms with E-state index in [0.29, 0.717) is 17.9 Å². The number of hydrogen-bond donors (Lipinski definition) is 3. The Bertz CT molecular complexity index is 1040. The molecular formula is C18H17N5O2. The summed E-state index contributed by atoms with van der Waals surface area (Å²) >= 11 is 0. The van der Waals surface area contributed by atoms with Crippen LogP contribution in [-0.4, -0.2) is 39.1 Å². The first kappa shape index (κ1) is 15.2. The Morgan fingerprint density at radius 2 is 2.08 bits per heavy atom. The number of anilines is 1. The molecule has 0 aliphatic carbocycles. The first-order valence-electron chi connectivity index (χ1n) is 7.93. The number of carbonyl (C=O) groups is 1. The zero-order valence-electron chi connectivity index (χ0n) is 13.6. The summed E-state index contributed by atoms with van der Waals surface area (Å²) in [5, 5.41) is 5.12. The molecule has 0 radical (unpaired) electrons. The van der Waals surface area contributed by atoms with Crippen molar-refractivity contribution in [3.63, 3.8) is 0 Å². The number of fused-ring (bicyclic) bond motifs is 2. The minimum atomic E-state index is -0.558. The van der Waals surface area contributed by atoms with Gasteiger partial charge in [0.1, 0.15) is 23.8 Å². The number of ether oxygens (including phenoxy) is 1. The minimum Gasteiger partial charge on any atom is -0.467 e. The number of para-hydroxylation sites is 1. The average Bonchev–Trinajstić information content (AvgIpc) is 3.28. The van der Waals surface area contributed by atoms with Crippen LogP contribution in [0.5, 0.6) is 0 Å². The lowest BCUT2D eigenvalue weighted by molar-refractivity contribution is -0.141. The molecule has 1 atom stereocenters. The third-order valence-electron chi connectivity index (χ3n) is 4.25. The van der Waals surface area contributed by atoms with Gasteiger partial charge in [-0.3, -0.25) is 0 Å². The van der Waals surface area contributed by atoms with E-state index in [-0.39, 0.29) is 5.97 Å². The second-order valence-electron chi connectivity index (χ2n) is 5.75. The molecule has 0 saturated heterocycles. The van der Waals surface area contributed by atoms with Crippen LogP contribution in [0.25, 0.3) is 21.9 Å². The van der Waals surface area contributed by atoms with Gasteiger partial charge >= 0.3 is 5.97 Å². The summed E-state index contributed by atoms with van der Waals surface area (Å²) < 4.78 is 4.98. The number of esters is 1. The summed E-state index contributed by atoms with van der Waals surface area (Å²) in [5.74, 6) is 0.258. The van der Waals surface area contributed by atoms with Gasteiger partial charge in [-0.15, -0.1) is 0 Å². The number of aromatic nitrogens is 4. The zero-order valence-corrected chi connectivity index (χ0v) is 13.6. The van der Waals surface area contributed by atoms with E-state index in [0.717, 1.165) is 21.9 Å². The van der Waals surface area contributed by atoms with Gasteiger partial charge in [-0.1, -0.05) is 18.2 Å². The molecule has 126 valence electrons. The van der Waals surface area contributed by atoms with Crippen molar-refractivity contribution in [2.75, 3.05) is 12.4 Å². The van der Waals surface area contributed by atoms with Gasteiger partial charge in [0.2, 0.25) is 0 Å². The van der Waals surface area contributed by atoms with Crippen LogP contribution < -0.4 is 5.32 Å². The lowest BCUT2D eigenvalue weighted by Gasteiger charge is -2.17. The number of nitrogens with one attached hydrogen (secondary N) is 3. The molecule has 1 aromatic carbocycles. The van der Waals surface area contributed by atoms with Crippen LogP contribution in [-0.2, 0) is 16.0 Å². The maximum Gasteiger partial charge on any atom is 0.328 e. The third-order valence-corrected chi connectivity index (χ3v) is 4.25. The SMILES string of the molecule is COC(=O)[C@H](Cc1c[nH]c2ccccc12)Nc1ncnc2[nH]ccc12. The van der Waals surface area contributed by atoms with Crippen LogP contribution in [0.2, 0.25) is 0 Å². The van der Waals surface area contributed by atoms with Crippen molar-refractivity contribution in [3.8, 4) is 0 Å².